The van der Waals surface area contributed by atoms with Crippen LogP contribution in [0.25, 0.3) is 5.65 Å². The average Bonchev–Trinajstić information content (AvgIpc) is 3.07. The second-order valence-corrected chi connectivity index (χ2v) is 5.92. The smallest absolute Gasteiger partial charge is 0.200 e. The second kappa shape index (κ2) is 5.67. The minimum atomic E-state index is 0.761. The van der Waals surface area contributed by atoms with Crippen molar-refractivity contribution in [3.05, 3.63) is 41.3 Å². The minimum absolute atomic E-state index is 0.761. The molecule has 7 nitrogen and oxygen atoms in total. The predicted octanol–water partition coefficient (Wildman–Crippen LogP) is 2.01. The molecule has 1 aliphatic rings. The first kappa shape index (κ1) is 14.7. The van der Waals surface area contributed by atoms with Gasteiger partial charge in [0.05, 0.1) is 25.6 Å². The number of rotatable bonds is 3. The molecule has 0 atom stereocenters. The highest BCUT2D eigenvalue weighted by atomic mass is 16.5. The first-order valence-corrected chi connectivity index (χ1v) is 7.86. The third-order valence-electron chi connectivity index (χ3n) is 4.43. The molecular weight excluding hydrogens is 306 g/mol. The molecule has 0 spiro atoms. The van der Waals surface area contributed by atoms with Crippen molar-refractivity contribution >= 4 is 11.3 Å². The van der Waals surface area contributed by atoms with Crippen molar-refractivity contribution in [2.75, 3.05) is 25.7 Å². The van der Waals surface area contributed by atoms with Crippen LogP contribution < -0.4 is 14.4 Å². The van der Waals surface area contributed by atoms with E-state index in [1.54, 1.807) is 25.1 Å². The average molecular weight is 325 g/mol. The highest BCUT2D eigenvalue weighted by molar-refractivity contribution is 5.69. The number of benzene rings is 1. The largest absolute Gasteiger partial charge is 0.493 e. The number of aromatic nitrogens is 4. The summed E-state index contributed by atoms with van der Waals surface area (Å²) >= 11 is 0. The molecule has 0 aliphatic carbocycles. The molecule has 4 rings (SSSR count). The van der Waals surface area contributed by atoms with Crippen LogP contribution >= 0.6 is 0 Å². The Morgan fingerprint density at radius 3 is 2.54 bits per heavy atom. The summed E-state index contributed by atoms with van der Waals surface area (Å²) in [6.45, 7) is 3.69. The lowest BCUT2D eigenvalue weighted by atomic mass is 9.98. The van der Waals surface area contributed by atoms with Gasteiger partial charge in [-0.3, -0.25) is 0 Å². The van der Waals surface area contributed by atoms with Gasteiger partial charge in [0.15, 0.2) is 11.5 Å². The van der Waals surface area contributed by atoms with Crippen LogP contribution in [0.15, 0.2) is 24.5 Å². The molecule has 3 aromatic rings. The number of fused-ring (bicyclic) bond motifs is 2. The number of methoxy groups -OCH3 is 2. The van der Waals surface area contributed by atoms with Crippen LogP contribution in [0.4, 0.5) is 5.69 Å². The molecule has 0 bridgehead atoms. The van der Waals surface area contributed by atoms with Gasteiger partial charge >= 0.3 is 0 Å². The van der Waals surface area contributed by atoms with Gasteiger partial charge in [-0.1, -0.05) is 0 Å². The fraction of sp³-hybridized carbons (Fsp3) is 0.353. The molecule has 124 valence electrons. The fourth-order valence-electron chi connectivity index (χ4n) is 3.25. The summed E-state index contributed by atoms with van der Waals surface area (Å²) < 4.78 is 12.6. The minimum Gasteiger partial charge on any atom is -0.493 e. The summed E-state index contributed by atoms with van der Waals surface area (Å²) in [6, 6.07) is 6.21. The number of ether oxygens (including phenoxy) is 2. The molecule has 7 heteroatoms. The summed E-state index contributed by atoms with van der Waals surface area (Å²) in [5.74, 6) is 1.54. The van der Waals surface area contributed by atoms with Crippen LogP contribution in [0.1, 0.15) is 16.8 Å². The highest BCUT2D eigenvalue weighted by Crippen LogP contribution is 2.35. The molecule has 0 radical (unpaired) electrons. The maximum absolute atomic E-state index is 5.44. The van der Waals surface area contributed by atoms with Crippen molar-refractivity contribution in [1.82, 2.24) is 19.8 Å². The third-order valence-corrected chi connectivity index (χ3v) is 4.43. The van der Waals surface area contributed by atoms with Crippen molar-refractivity contribution in [3.8, 4) is 11.5 Å². The summed E-state index contributed by atoms with van der Waals surface area (Å²) in [7, 11) is 3.33. The molecule has 0 amide bonds. The van der Waals surface area contributed by atoms with Gasteiger partial charge in [-0.15, -0.1) is 10.2 Å². The first-order valence-electron chi connectivity index (χ1n) is 7.86. The second-order valence-electron chi connectivity index (χ2n) is 5.92. The number of hydrogen-bond acceptors (Lipinski definition) is 6. The van der Waals surface area contributed by atoms with Crippen molar-refractivity contribution < 1.29 is 9.47 Å². The summed E-state index contributed by atoms with van der Waals surface area (Å²) in [5.41, 5.74) is 5.32. The molecule has 0 saturated heterocycles. The van der Waals surface area contributed by atoms with Crippen LogP contribution in [0.5, 0.6) is 11.5 Å². The van der Waals surface area contributed by atoms with Crippen molar-refractivity contribution in [1.29, 1.82) is 0 Å². The van der Waals surface area contributed by atoms with Crippen LogP contribution in [0.2, 0.25) is 0 Å². The lowest BCUT2D eigenvalue weighted by Crippen LogP contribution is -2.31. The van der Waals surface area contributed by atoms with E-state index in [0.717, 1.165) is 48.0 Å². The van der Waals surface area contributed by atoms with Gasteiger partial charge in [-0.05, 0) is 42.7 Å². The van der Waals surface area contributed by atoms with E-state index < -0.39 is 0 Å². The lowest BCUT2D eigenvalue weighted by molar-refractivity contribution is 0.353. The van der Waals surface area contributed by atoms with E-state index in [1.807, 2.05) is 6.92 Å². The van der Waals surface area contributed by atoms with E-state index in [9.17, 15) is 0 Å². The van der Waals surface area contributed by atoms with Gasteiger partial charge in [0.2, 0.25) is 5.65 Å². The van der Waals surface area contributed by atoms with E-state index in [4.69, 9.17) is 9.47 Å². The van der Waals surface area contributed by atoms with Crippen LogP contribution in [0.3, 0.4) is 0 Å². The molecule has 24 heavy (non-hydrogen) atoms. The summed E-state index contributed by atoms with van der Waals surface area (Å²) in [4.78, 5) is 2.31. The first-order chi connectivity index (χ1) is 11.7. The van der Waals surface area contributed by atoms with Crippen molar-refractivity contribution in [2.45, 2.75) is 19.9 Å². The fourth-order valence-corrected chi connectivity index (χ4v) is 3.25. The number of aryl methyl sites for hydroxylation is 1. The zero-order valence-corrected chi connectivity index (χ0v) is 14.0. The van der Waals surface area contributed by atoms with E-state index in [1.165, 1.54) is 11.1 Å². The van der Waals surface area contributed by atoms with E-state index in [-0.39, 0.29) is 0 Å². The van der Waals surface area contributed by atoms with E-state index >= 15 is 0 Å². The molecule has 3 heterocycles. The Morgan fingerprint density at radius 2 is 1.79 bits per heavy atom. The lowest BCUT2D eigenvalue weighted by Gasteiger charge is -2.31. The van der Waals surface area contributed by atoms with Crippen LogP contribution in [-0.2, 0) is 13.0 Å². The van der Waals surface area contributed by atoms with E-state index in [2.05, 4.69) is 38.4 Å². The maximum Gasteiger partial charge on any atom is 0.200 e. The number of nitrogens with zero attached hydrogens (tertiary/aromatic N) is 5. The van der Waals surface area contributed by atoms with Crippen molar-refractivity contribution in [3.63, 3.8) is 0 Å². The van der Waals surface area contributed by atoms with Crippen LogP contribution in [-0.4, -0.2) is 40.6 Å². The Kier molecular flexibility index (Phi) is 3.48. The van der Waals surface area contributed by atoms with Gasteiger partial charge in [0.25, 0.3) is 0 Å². The molecule has 0 N–H and O–H groups in total. The Morgan fingerprint density at radius 1 is 1.04 bits per heavy atom. The molecular formula is C17H19N5O2. The Bertz CT molecular complexity index is 905. The highest BCUT2D eigenvalue weighted by Gasteiger charge is 2.22. The van der Waals surface area contributed by atoms with Crippen molar-refractivity contribution in [2.24, 2.45) is 0 Å². The quantitative estimate of drug-likeness (QED) is 0.734. The molecule has 2 aromatic heterocycles. The van der Waals surface area contributed by atoms with Gasteiger partial charge in [0, 0.05) is 13.1 Å². The monoisotopic (exact) mass is 325 g/mol. The SMILES string of the molecule is COc1cc2c(cc1OC)CN(c1cc(C)nn3cnnc13)CC2. The predicted molar refractivity (Wildman–Crippen MR) is 89.8 cm³/mol. The summed E-state index contributed by atoms with van der Waals surface area (Å²) in [6.07, 6.45) is 2.58. The normalized spacial score (nSPS) is 13.9. The zero-order valence-electron chi connectivity index (χ0n) is 14.0. The van der Waals surface area contributed by atoms with Gasteiger partial charge in [-0.25, -0.2) is 0 Å². The third kappa shape index (κ3) is 2.33. The van der Waals surface area contributed by atoms with Crippen LogP contribution in [0, 0.1) is 6.92 Å². The Labute approximate surface area is 139 Å². The summed E-state index contributed by atoms with van der Waals surface area (Å²) in [5, 5.41) is 12.6. The Balaban J connectivity index is 1.74. The Hall–Kier alpha value is -2.83. The molecule has 0 unspecified atom stereocenters. The molecule has 0 saturated carbocycles. The molecule has 1 aliphatic heterocycles. The number of anilines is 1. The maximum atomic E-state index is 5.44. The van der Waals surface area contributed by atoms with Gasteiger partial charge in [-0.2, -0.15) is 9.61 Å². The molecule has 1 aromatic carbocycles. The number of hydrogen-bond donors (Lipinski definition) is 0. The van der Waals surface area contributed by atoms with Gasteiger partial charge < -0.3 is 14.4 Å². The topological polar surface area (TPSA) is 64.8 Å². The molecule has 0 fully saturated rings. The standard InChI is InChI=1S/C17H19N5O2/c1-11-6-14(17-19-18-10-22(17)20-11)21-5-4-12-7-15(23-2)16(24-3)8-13(12)9-21/h6-8,10H,4-5,9H2,1-3H3. The zero-order chi connectivity index (χ0) is 16.7. The van der Waals surface area contributed by atoms with Gasteiger partial charge in [0.1, 0.15) is 6.33 Å². The van der Waals surface area contributed by atoms with E-state index in [0.29, 0.717) is 0 Å².